The smallest absolute Gasteiger partial charge is 0.126 e. The highest BCUT2D eigenvalue weighted by Crippen LogP contribution is 2.18. The molecule has 2 N–H and O–H groups in total. The summed E-state index contributed by atoms with van der Waals surface area (Å²) in [6.07, 6.45) is 0. The fraction of sp³-hybridized carbons (Fsp3) is 0.364. The van der Waals surface area contributed by atoms with Crippen LogP contribution >= 0.6 is 0 Å². The first-order valence-corrected chi connectivity index (χ1v) is 4.94. The maximum absolute atomic E-state index is 5.87. The molecule has 0 aliphatic rings. The van der Waals surface area contributed by atoms with Gasteiger partial charge >= 0.3 is 0 Å². The van der Waals surface area contributed by atoms with Crippen molar-refractivity contribution in [2.45, 2.75) is 26.4 Å². The fourth-order valence-electron chi connectivity index (χ4n) is 1.77. The predicted molar refractivity (Wildman–Crippen MR) is 58.0 cm³/mol. The number of imidazole rings is 1. The van der Waals surface area contributed by atoms with E-state index < -0.39 is 0 Å². The zero-order valence-corrected chi connectivity index (χ0v) is 8.57. The standard InChI is InChI=1S/C11H15N3/c1-3-14-10-7-5-4-6-9(10)13-11(14)8(2)12/h4-8H,3,12H2,1-2H3/t8-/m0/s1. The first-order valence-electron chi connectivity index (χ1n) is 4.94. The number of benzene rings is 1. The molecule has 0 aliphatic heterocycles. The van der Waals surface area contributed by atoms with E-state index in [1.54, 1.807) is 0 Å². The van der Waals surface area contributed by atoms with E-state index in [0.29, 0.717) is 0 Å². The van der Waals surface area contributed by atoms with Crippen molar-refractivity contribution in [3.8, 4) is 0 Å². The Morgan fingerprint density at radius 3 is 2.79 bits per heavy atom. The third-order valence-electron chi connectivity index (χ3n) is 2.41. The van der Waals surface area contributed by atoms with E-state index in [1.807, 2.05) is 25.1 Å². The summed E-state index contributed by atoms with van der Waals surface area (Å²) in [7, 11) is 0. The van der Waals surface area contributed by atoms with Crippen molar-refractivity contribution < 1.29 is 0 Å². The van der Waals surface area contributed by atoms with Gasteiger partial charge in [0.25, 0.3) is 0 Å². The Labute approximate surface area is 83.6 Å². The second-order valence-corrected chi connectivity index (χ2v) is 3.49. The van der Waals surface area contributed by atoms with Crippen LogP contribution in [0.25, 0.3) is 11.0 Å². The van der Waals surface area contributed by atoms with Gasteiger partial charge in [-0.25, -0.2) is 4.98 Å². The molecular formula is C11H15N3. The number of nitrogens with two attached hydrogens (primary N) is 1. The summed E-state index contributed by atoms with van der Waals surface area (Å²) in [5, 5.41) is 0. The van der Waals surface area contributed by atoms with Crippen molar-refractivity contribution in [2.24, 2.45) is 5.73 Å². The van der Waals surface area contributed by atoms with Crippen molar-refractivity contribution in [1.82, 2.24) is 9.55 Å². The molecule has 0 saturated heterocycles. The summed E-state index contributed by atoms with van der Waals surface area (Å²) in [6, 6.07) is 8.12. The van der Waals surface area contributed by atoms with Gasteiger partial charge in [0.05, 0.1) is 17.1 Å². The molecule has 0 bridgehead atoms. The Balaban J connectivity index is 2.72. The summed E-state index contributed by atoms with van der Waals surface area (Å²) in [5.41, 5.74) is 8.07. The molecule has 0 aliphatic carbocycles. The topological polar surface area (TPSA) is 43.8 Å². The normalized spacial score (nSPS) is 13.4. The first kappa shape index (κ1) is 9.21. The molecule has 2 rings (SSSR count). The largest absolute Gasteiger partial charge is 0.327 e. The van der Waals surface area contributed by atoms with E-state index >= 15 is 0 Å². The molecule has 0 saturated carbocycles. The molecule has 1 atom stereocenters. The van der Waals surface area contributed by atoms with E-state index in [-0.39, 0.29) is 6.04 Å². The molecule has 74 valence electrons. The van der Waals surface area contributed by atoms with Gasteiger partial charge in [0.15, 0.2) is 0 Å². The third kappa shape index (κ3) is 1.30. The SMILES string of the molecule is CCn1c([C@H](C)N)nc2ccccc21. The van der Waals surface area contributed by atoms with Crippen LogP contribution in [0.3, 0.4) is 0 Å². The minimum absolute atomic E-state index is 0.0117. The Morgan fingerprint density at radius 1 is 1.43 bits per heavy atom. The number of rotatable bonds is 2. The summed E-state index contributed by atoms with van der Waals surface area (Å²) in [5.74, 6) is 0.966. The van der Waals surface area contributed by atoms with Crippen LogP contribution in [0.1, 0.15) is 25.7 Å². The first-order chi connectivity index (χ1) is 6.74. The number of para-hydroxylation sites is 2. The molecule has 14 heavy (non-hydrogen) atoms. The average Bonchev–Trinajstić information content (AvgIpc) is 2.56. The maximum Gasteiger partial charge on any atom is 0.126 e. The zero-order valence-electron chi connectivity index (χ0n) is 8.57. The molecule has 0 spiro atoms. The average molecular weight is 189 g/mol. The van der Waals surface area contributed by atoms with Crippen LogP contribution in [-0.4, -0.2) is 9.55 Å². The summed E-state index contributed by atoms with van der Waals surface area (Å²) >= 11 is 0. The summed E-state index contributed by atoms with van der Waals surface area (Å²) in [6.45, 7) is 4.99. The van der Waals surface area contributed by atoms with E-state index in [1.165, 1.54) is 5.52 Å². The summed E-state index contributed by atoms with van der Waals surface area (Å²) < 4.78 is 2.17. The van der Waals surface area contributed by atoms with Gasteiger partial charge in [0.2, 0.25) is 0 Å². The quantitative estimate of drug-likeness (QED) is 0.786. The van der Waals surface area contributed by atoms with Gasteiger partial charge in [-0.2, -0.15) is 0 Å². The van der Waals surface area contributed by atoms with Crippen molar-refractivity contribution in [1.29, 1.82) is 0 Å². The molecule has 2 aromatic rings. The third-order valence-corrected chi connectivity index (χ3v) is 2.41. The molecule has 1 heterocycles. The molecular weight excluding hydrogens is 174 g/mol. The monoisotopic (exact) mass is 189 g/mol. The van der Waals surface area contributed by atoms with Crippen molar-refractivity contribution in [3.63, 3.8) is 0 Å². The van der Waals surface area contributed by atoms with Gasteiger partial charge in [0.1, 0.15) is 5.82 Å². The predicted octanol–water partition coefficient (Wildman–Crippen LogP) is 2.08. The highest BCUT2D eigenvalue weighted by atomic mass is 15.1. The van der Waals surface area contributed by atoms with Crippen LogP contribution in [-0.2, 0) is 6.54 Å². The molecule has 0 amide bonds. The molecule has 3 heteroatoms. The van der Waals surface area contributed by atoms with Gasteiger partial charge in [-0.1, -0.05) is 12.1 Å². The highest BCUT2D eigenvalue weighted by Gasteiger charge is 2.11. The van der Waals surface area contributed by atoms with E-state index in [2.05, 4.69) is 22.5 Å². The minimum Gasteiger partial charge on any atom is -0.327 e. The Hall–Kier alpha value is -1.35. The maximum atomic E-state index is 5.87. The van der Waals surface area contributed by atoms with Crippen molar-refractivity contribution >= 4 is 11.0 Å². The van der Waals surface area contributed by atoms with Gasteiger partial charge < -0.3 is 10.3 Å². The van der Waals surface area contributed by atoms with Gasteiger partial charge in [-0.05, 0) is 26.0 Å². The molecule has 0 fully saturated rings. The van der Waals surface area contributed by atoms with Crippen LogP contribution in [0, 0.1) is 0 Å². The molecule has 1 aromatic heterocycles. The molecule has 3 nitrogen and oxygen atoms in total. The number of hydrogen-bond acceptors (Lipinski definition) is 2. The number of fused-ring (bicyclic) bond motifs is 1. The Morgan fingerprint density at radius 2 is 2.14 bits per heavy atom. The van der Waals surface area contributed by atoms with Crippen LogP contribution in [0.4, 0.5) is 0 Å². The number of aromatic nitrogens is 2. The Kier molecular flexibility index (Phi) is 2.25. The second kappa shape index (κ2) is 3.42. The molecule has 0 unspecified atom stereocenters. The lowest BCUT2D eigenvalue weighted by Gasteiger charge is -2.07. The number of nitrogens with zero attached hydrogens (tertiary/aromatic N) is 2. The lowest BCUT2D eigenvalue weighted by atomic mass is 10.3. The lowest BCUT2D eigenvalue weighted by Crippen LogP contribution is -2.12. The van der Waals surface area contributed by atoms with Crippen molar-refractivity contribution in [3.05, 3.63) is 30.1 Å². The van der Waals surface area contributed by atoms with Gasteiger partial charge in [0, 0.05) is 6.54 Å². The minimum atomic E-state index is -0.0117. The fourth-order valence-corrected chi connectivity index (χ4v) is 1.77. The van der Waals surface area contributed by atoms with Crippen LogP contribution in [0.5, 0.6) is 0 Å². The molecule has 1 aromatic carbocycles. The van der Waals surface area contributed by atoms with E-state index in [9.17, 15) is 0 Å². The van der Waals surface area contributed by atoms with E-state index in [4.69, 9.17) is 5.73 Å². The van der Waals surface area contributed by atoms with Crippen LogP contribution in [0.15, 0.2) is 24.3 Å². The van der Waals surface area contributed by atoms with Crippen molar-refractivity contribution in [2.75, 3.05) is 0 Å². The number of hydrogen-bond donors (Lipinski definition) is 1. The van der Waals surface area contributed by atoms with Gasteiger partial charge in [-0.15, -0.1) is 0 Å². The number of aryl methyl sites for hydroxylation is 1. The Bertz CT molecular complexity index is 443. The second-order valence-electron chi connectivity index (χ2n) is 3.49. The van der Waals surface area contributed by atoms with Crippen LogP contribution < -0.4 is 5.73 Å². The zero-order chi connectivity index (χ0) is 10.1. The van der Waals surface area contributed by atoms with Gasteiger partial charge in [-0.3, -0.25) is 0 Å². The van der Waals surface area contributed by atoms with Crippen LogP contribution in [0.2, 0.25) is 0 Å². The molecule has 0 radical (unpaired) electrons. The lowest BCUT2D eigenvalue weighted by molar-refractivity contribution is 0.650. The summed E-state index contributed by atoms with van der Waals surface area (Å²) in [4.78, 5) is 4.52. The highest BCUT2D eigenvalue weighted by molar-refractivity contribution is 5.75. The van der Waals surface area contributed by atoms with E-state index in [0.717, 1.165) is 17.9 Å².